The van der Waals surface area contributed by atoms with Crippen LogP contribution in [0.1, 0.15) is 24.4 Å². The first-order valence-electron chi connectivity index (χ1n) is 8.48. The second-order valence-electron chi connectivity index (χ2n) is 6.73. The van der Waals surface area contributed by atoms with Crippen LogP contribution in [0.5, 0.6) is 5.75 Å². The van der Waals surface area contributed by atoms with Gasteiger partial charge in [0.1, 0.15) is 5.75 Å². The van der Waals surface area contributed by atoms with E-state index in [4.69, 9.17) is 4.74 Å². The summed E-state index contributed by atoms with van der Waals surface area (Å²) in [6.07, 6.45) is 9.76. The highest BCUT2D eigenvalue weighted by Crippen LogP contribution is 2.56. The lowest BCUT2D eigenvalue weighted by molar-refractivity contribution is -0.0308. The molecule has 1 aliphatic carbocycles. The van der Waals surface area contributed by atoms with Crippen molar-refractivity contribution in [1.82, 2.24) is 9.88 Å². The maximum Gasteiger partial charge on any atom is 0.322 e. The minimum absolute atomic E-state index is 0.0959. The van der Waals surface area contributed by atoms with Gasteiger partial charge in [0.25, 0.3) is 0 Å². The lowest BCUT2D eigenvalue weighted by atomic mass is 9.67. The molecule has 1 N–H and O–H groups in total. The summed E-state index contributed by atoms with van der Waals surface area (Å²) in [5.41, 5.74) is 1.98. The van der Waals surface area contributed by atoms with Crippen molar-refractivity contribution in [2.45, 2.75) is 18.9 Å². The lowest BCUT2D eigenvalue weighted by Gasteiger charge is -2.56. The average Bonchev–Trinajstić information content (AvgIpc) is 3.12. The Morgan fingerprint density at radius 3 is 2.72 bits per heavy atom. The number of ether oxygens (including phenoxy) is 1. The van der Waals surface area contributed by atoms with Crippen molar-refractivity contribution in [2.75, 3.05) is 19.0 Å². The fourth-order valence-corrected chi connectivity index (χ4v) is 3.96. The summed E-state index contributed by atoms with van der Waals surface area (Å²) in [6, 6.07) is 12.1. The average molecular weight is 335 g/mol. The summed E-state index contributed by atoms with van der Waals surface area (Å²) >= 11 is 0. The monoisotopic (exact) mass is 335 g/mol. The van der Waals surface area contributed by atoms with Crippen LogP contribution in [0, 0.1) is 5.41 Å². The predicted octanol–water partition coefficient (Wildman–Crippen LogP) is 4.02. The molecule has 1 saturated heterocycles. The molecule has 1 aliphatic heterocycles. The number of anilines is 1. The SMILES string of the molecule is COc1cncc(NC(=O)N2CC3(CC=CC3)C2c2ccccc2)c1. The van der Waals surface area contributed by atoms with Crippen molar-refractivity contribution in [1.29, 1.82) is 0 Å². The number of allylic oxidation sites excluding steroid dienone is 2. The smallest absolute Gasteiger partial charge is 0.322 e. The Hall–Kier alpha value is -2.82. The number of nitrogens with one attached hydrogen (secondary N) is 1. The summed E-state index contributed by atoms with van der Waals surface area (Å²) in [7, 11) is 1.58. The molecule has 0 saturated carbocycles. The first-order chi connectivity index (χ1) is 12.2. The topological polar surface area (TPSA) is 54.5 Å². The third-order valence-electron chi connectivity index (χ3n) is 5.17. The third kappa shape index (κ3) is 2.76. The van der Waals surface area contributed by atoms with E-state index < -0.39 is 0 Å². The molecule has 0 bridgehead atoms. The molecule has 5 nitrogen and oxygen atoms in total. The van der Waals surface area contributed by atoms with Gasteiger partial charge in [-0.25, -0.2) is 4.79 Å². The maximum absolute atomic E-state index is 12.8. The minimum atomic E-state index is -0.0959. The quantitative estimate of drug-likeness (QED) is 0.862. The van der Waals surface area contributed by atoms with Gasteiger partial charge < -0.3 is 15.0 Å². The number of amides is 2. The summed E-state index contributed by atoms with van der Waals surface area (Å²) in [6.45, 7) is 0.767. The Bertz CT molecular complexity index is 796. The zero-order valence-electron chi connectivity index (χ0n) is 14.2. The number of hydrogen-bond acceptors (Lipinski definition) is 3. The van der Waals surface area contributed by atoms with E-state index in [1.54, 1.807) is 25.6 Å². The molecule has 1 aromatic heterocycles. The fraction of sp³-hybridized carbons (Fsp3) is 0.300. The minimum Gasteiger partial charge on any atom is -0.495 e. The molecule has 1 spiro atoms. The van der Waals surface area contributed by atoms with Crippen LogP contribution in [0.15, 0.2) is 60.9 Å². The highest BCUT2D eigenvalue weighted by molar-refractivity contribution is 5.90. The van der Waals surface area contributed by atoms with Gasteiger partial charge in [0.15, 0.2) is 0 Å². The first-order valence-corrected chi connectivity index (χ1v) is 8.48. The summed E-state index contributed by atoms with van der Waals surface area (Å²) in [4.78, 5) is 18.9. The number of carbonyl (C=O) groups excluding carboxylic acids is 1. The first kappa shape index (κ1) is 15.7. The number of nitrogens with zero attached hydrogens (tertiary/aromatic N) is 2. The Morgan fingerprint density at radius 2 is 2.00 bits per heavy atom. The van der Waals surface area contributed by atoms with Crippen LogP contribution in [-0.4, -0.2) is 29.6 Å². The summed E-state index contributed by atoms with van der Waals surface area (Å²) in [5, 5.41) is 2.95. The maximum atomic E-state index is 12.8. The van der Waals surface area contributed by atoms with Crippen molar-refractivity contribution in [3.05, 3.63) is 66.5 Å². The van der Waals surface area contributed by atoms with Gasteiger partial charge in [-0.3, -0.25) is 4.98 Å². The van der Waals surface area contributed by atoms with E-state index in [1.165, 1.54) is 5.56 Å². The molecule has 1 unspecified atom stereocenters. The number of rotatable bonds is 3. The number of urea groups is 1. The molecule has 2 amide bonds. The zero-order chi connectivity index (χ0) is 17.3. The van der Waals surface area contributed by atoms with Crippen molar-refractivity contribution < 1.29 is 9.53 Å². The largest absolute Gasteiger partial charge is 0.495 e. The molecule has 0 radical (unpaired) electrons. The molecule has 1 fully saturated rings. The van der Waals surface area contributed by atoms with Gasteiger partial charge in [-0.05, 0) is 18.4 Å². The number of pyridine rings is 1. The van der Waals surface area contributed by atoms with E-state index in [-0.39, 0.29) is 17.5 Å². The van der Waals surface area contributed by atoms with Crippen molar-refractivity contribution >= 4 is 11.7 Å². The van der Waals surface area contributed by atoms with Crippen LogP contribution in [0.25, 0.3) is 0 Å². The molecule has 128 valence electrons. The Kier molecular flexibility index (Phi) is 3.92. The number of hydrogen-bond donors (Lipinski definition) is 1. The van der Waals surface area contributed by atoms with Gasteiger partial charge in [0, 0.05) is 18.0 Å². The van der Waals surface area contributed by atoms with Gasteiger partial charge >= 0.3 is 6.03 Å². The van der Waals surface area contributed by atoms with E-state index in [2.05, 4.69) is 34.6 Å². The van der Waals surface area contributed by atoms with Crippen molar-refractivity contribution in [3.8, 4) is 5.75 Å². The highest BCUT2D eigenvalue weighted by Gasteiger charge is 2.54. The molecule has 1 atom stereocenters. The summed E-state index contributed by atoms with van der Waals surface area (Å²) in [5.74, 6) is 0.623. The van der Waals surface area contributed by atoms with Gasteiger partial charge in [0.2, 0.25) is 0 Å². The van der Waals surface area contributed by atoms with Crippen molar-refractivity contribution in [3.63, 3.8) is 0 Å². The summed E-state index contributed by atoms with van der Waals surface area (Å²) < 4.78 is 5.17. The molecule has 25 heavy (non-hydrogen) atoms. The van der Waals surface area contributed by atoms with Crippen LogP contribution in [-0.2, 0) is 0 Å². The number of aromatic nitrogens is 1. The molecule has 4 rings (SSSR count). The Balaban J connectivity index is 1.55. The van der Waals surface area contributed by atoms with E-state index in [0.717, 1.165) is 19.4 Å². The van der Waals surface area contributed by atoms with Gasteiger partial charge in [0.05, 0.1) is 31.2 Å². The lowest BCUT2D eigenvalue weighted by Crippen LogP contribution is -2.60. The van der Waals surface area contributed by atoms with Gasteiger partial charge in [-0.15, -0.1) is 0 Å². The Morgan fingerprint density at radius 1 is 1.24 bits per heavy atom. The van der Waals surface area contributed by atoms with E-state index in [9.17, 15) is 4.79 Å². The third-order valence-corrected chi connectivity index (χ3v) is 5.17. The number of benzene rings is 1. The Labute approximate surface area is 147 Å². The molecular weight excluding hydrogens is 314 g/mol. The zero-order valence-corrected chi connectivity index (χ0v) is 14.2. The second-order valence-corrected chi connectivity index (χ2v) is 6.73. The molecular formula is C20H21N3O2. The van der Waals surface area contributed by atoms with Crippen molar-refractivity contribution in [2.24, 2.45) is 5.41 Å². The fourth-order valence-electron chi connectivity index (χ4n) is 3.96. The van der Waals surface area contributed by atoms with Gasteiger partial charge in [-0.2, -0.15) is 0 Å². The molecule has 2 heterocycles. The van der Waals surface area contributed by atoms with E-state index in [1.807, 2.05) is 23.1 Å². The van der Waals surface area contributed by atoms with Crippen LogP contribution >= 0.6 is 0 Å². The van der Waals surface area contributed by atoms with E-state index >= 15 is 0 Å². The molecule has 1 aromatic carbocycles. The molecule has 2 aromatic rings. The molecule has 5 heteroatoms. The second kappa shape index (κ2) is 6.24. The van der Waals surface area contributed by atoms with Crippen LogP contribution in [0.4, 0.5) is 10.5 Å². The van der Waals surface area contributed by atoms with Crippen LogP contribution < -0.4 is 10.1 Å². The van der Waals surface area contributed by atoms with E-state index in [0.29, 0.717) is 11.4 Å². The number of methoxy groups -OCH3 is 1. The normalized spacial score (nSPS) is 20.4. The highest BCUT2D eigenvalue weighted by atomic mass is 16.5. The standard InChI is InChI=1S/C20H21N3O2/c1-25-17-11-16(12-21-13-17)22-19(24)23-14-20(9-5-6-10-20)18(23)15-7-3-2-4-8-15/h2-8,11-13,18H,9-10,14H2,1H3,(H,22,24). The number of likely N-dealkylation sites (tertiary alicyclic amines) is 1. The van der Waals surface area contributed by atoms with Crippen LogP contribution in [0.2, 0.25) is 0 Å². The van der Waals surface area contributed by atoms with Crippen LogP contribution in [0.3, 0.4) is 0 Å². The molecule has 2 aliphatic rings. The predicted molar refractivity (Wildman–Crippen MR) is 96.5 cm³/mol. The number of carbonyl (C=O) groups is 1. The van der Waals surface area contributed by atoms with Gasteiger partial charge in [-0.1, -0.05) is 42.5 Å².